The lowest BCUT2D eigenvalue weighted by atomic mass is 10.2. The van der Waals surface area contributed by atoms with Gasteiger partial charge in [-0.25, -0.2) is 13.8 Å². The van der Waals surface area contributed by atoms with E-state index in [0.29, 0.717) is 0 Å². The summed E-state index contributed by atoms with van der Waals surface area (Å²) in [6.45, 7) is 0. The number of nitrogens with zero attached hydrogens (tertiary/aromatic N) is 2. The maximum atomic E-state index is 13.4. The fraction of sp³-hybridized carbons (Fsp3) is 0.273. The molecular weight excluding hydrogens is 230 g/mol. The van der Waals surface area contributed by atoms with E-state index in [0.717, 1.165) is 18.3 Å². The van der Waals surface area contributed by atoms with Crippen LogP contribution in [0.25, 0.3) is 0 Å². The van der Waals surface area contributed by atoms with Crippen molar-refractivity contribution in [3.05, 3.63) is 35.7 Å². The van der Waals surface area contributed by atoms with Crippen LogP contribution in [0.5, 0.6) is 5.88 Å². The minimum absolute atomic E-state index is 0.209. The second kappa shape index (κ2) is 5.38. The van der Waals surface area contributed by atoms with Gasteiger partial charge in [-0.3, -0.25) is 4.79 Å². The van der Waals surface area contributed by atoms with Crippen molar-refractivity contribution >= 4 is 5.78 Å². The first-order valence-corrected chi connectivity index (χ1v) is 4.74. The summed E-state index contributed by atoms with van der Waals surface area (Å²) < 4.78 is 31.0. The van der Waals surface area contributed by atoms with E-state index in [1.165, 1.54) is 12.0 Å². The first-order chi connectivity index (χ1) is 7.95. The number of hydrogen-bond donors (Lipinski definition) is 0. The Hall–Kier alpha value is -1.98. The van der Waals surface area contributed by atoms with E-state index in [1.54, 1.807) is 14.1 Å². The first kappa shape index (κ1) is 13.1. The van der Waals surface area contributed by atoms with Gasteiger partial charge >= 0.3 is 0 Å². The average Bonchev–Trinajstić information content (AvgIpc) is 2.27. The molecule has 6 heteroatoms. The van der Waals surface area contributed by atoms with Gasteiger partial charge < -0.3 is 9.64 Å². The lowest BCUT2D eigenvalue weighted by Crippen LogP contribution is -2.09. The van der Waals surface area contributed by atoms with Gasteiger partial charge in [0.25, 0.3) is 5.88 Å². The smallest absolute Gasteiger partial charge is 0.250 e. The highest BCUT2D eigenvalue weighted by Crippen LogP contribution is 2.16. The molecule has 92 valence electrons. The van der Waals surface area contributed by atoms with Gasteiger partial charge in [-0.05, 0) is 12.1 Å². The Morgan fingerprint density at radius 2 is 2.12 bits per heavy atom. The van der Waals surface area contributed by atoms with Crippen molar-refractivity contribution in [3.63, 3.8) is 0 Å². The van der Waals surface area contributed by atoms with E-state index in [2.05, 4.69) is 9.72 Å². The molecule has 0 aliphatic rings. The zero-order valence-electron chi connectivity index (χ0n) is 9.70. The van der Waals surface area contributed by atoms with Crippen molar-refractivity contribution in [1.82, 2.24) is 9.88 Å². The van der Waals surface area contributed by atoms with Crippen LogP contribution in [0.1, 0.15) is 10.5 Å². The number of pyridine rings is 1. The van der Waals surface area contributed by atoms with Gasteiger partial charge in [0, 0.05) is 20.3 Å². The van der Waals surface area contributed by atoms with Gasteiger partial charge in [-0.2, -0.15) is 0 Å². The van der Waals surface area contributed by atoms with Gasteiger partial charge in [-0.15, -0.1) is 0 Å². The summed E-state index contributed by atoms with van der Waals surface area (Å²) in [6.07, 6.45) is 1.01. The summed E-state index contributed by atoms with van der Waals surface area (Å²) in [4.78, 5) is 16.5. The number of aromatic nitrogens is 1. The number of hydrogen-bond acceptors (Lipinski definition) is 4. The maximum absolute atomic E-state index is 13.4. The highest BCUT2D eigenvalue weighted by Gasteiger charge is 2.16. The number of carbonyl (C=O) groups is 1. The normalized spacial score (nSPS) is 11.2. The number of ether oxygens (including phenoxy) is 1. The molecule has 0 aliphatic heterocycles. The molecule has 0 N–H and O–H groups in total. The summed E-state index contributed by atoms with van der Waals surface area (Å²) in [7, 11) is 4.36. The molecule has 1 aromatic heterocycles. The molecule has 0 spiro atoms. The van der Waals surface area contributed by atoms with Crippen LogP contribution in [0.4, 0.5) is 8.78 Å². The Bertz CT molecular complexity index is 459. The molecule has 0 bridgehead atoms. The Kier molecular flexibility index (Phi) is 4.14. The summed E-state index contributed by atoms with van der Waals surface area (Å²) in [5.41, 5.74) is -0.209. The summed E-state index contributed by atoms with van der Waals surface area (Å²) in [6, 6.07) is 2.10. The summed E-state index contributed by atoms with van der Waals surface area (Å²) in [5.74, 6) is -2.94. The lowest BCUT2D eigenvalue weighted by molar-refractivity contribution is 0.0996. The highest BCUT2D eigenvalue weighted by molar-refractivity contribution is 6.05. The quantitative estimate of drug-likeness (QED) is 0.596. The van der Waals surface area contributed by atoms with E-state index in [9.17, 15) is 13.6 Å². The van der Waals surface area contributed by atoms with E-state index in [4.69, 9.17) is 0 Å². The molecule has 0 aromatic carbocycles. The Morgan fingerprint density at radius 3 is 2.65 bits per heavy atom. The van der Waals surface area contributed by atoms with Crippen LogP contribution >= 0.6 is 0 Å². The number of methoxy groups -OCH3 is 1. The van der Waals surface area contributed by atoms with Crippen LogP contribution in [0.3, 0.4) is 0 Å². The molecule has 0 atom stereocenters. The third kappa shape index (κ3) is 3.24. The van der Waals surface area contributed by atoms with Crippen molar-refractivity contribution in [2.75, 3.05) is 21.2 Å². The van der Waals surface area contributed by atoms with Crippen LogP contribution in [0.15, 0.2) is 24.2 Å². The van der Waals surface area contributed by atoms with Gasteiger partial charge in [-0.1, -0.05) is 0 Å². The van der Waals surface area contributed by atoms with E-state index in [-0.39, 0.29) is 11.6 Å². The second-order valence-electron chi connectivity index (χ2n) is 3.46. The molecule has 0 aliphatic carbocycles. The fourth-order valence-corrected chi connectivity index (χ4v) is 1.10. The molecule has 0 unspecified atom stereocenters. The van der Waals surface area contributed by atoms with Crippen molar-refractivity contribution in [3.8, 4) is 5.88 Å². The van der Waals surface area contributed by atoms with Crippen LogP contribution in [0.2, 0.25) is 0 Å². The minimum atomic E-state index is -0.976. The fourth-order valence-electron chi connectivity index (χ4n) is 1.10. The number of allylic oxidation sites excluding steroid dienone is 1. The molecule has 0 amide bonds. The summed E-state index contributed by atoms with van der Waals surface area (Å²) >= 11 is 0. The Balaban J connectivity index is 3.05. The third-order valence-corrected chi connectivity index (χ3v) is 1.83. The topological polar surface area (TPSA) is 42.4 Å². The molecule has 4 nitrogen and oxygen atoms in total. The standard InChI is InChI=1S/C11H12F2N2O2/c1-15(2)6-8(13)10(16)9-5-4-7(12)11(14-9)17-3/h4-6H,1-3H3/b8-6-. The second-order valence-corrected chi connectivity index (χ2v) is 3.46. The predicted molar refractivity (Wildman–Crippen MR) is 58.0 cm³/mol. The summed E-state index contributed by atoms with van der Waals surface area (Å²) in [5, 5.41) is 0. The largest absolute Gasteiger partial charge is 0.479 e. The number of halogens is 2. The Morgan fingerprint density at radius 1 is 1.47 bits per heavy atom. The number of carbonyl (C=O) groups excluding carboxylic acids is 1. The third-order valence-electron chi connectivity index (χ3n) is 1.83. The highest BCUT2D eigenvalue weighted by atomic mass is 19.1. The van der Waals surface area contributed by atoms with Crippen molar-refractivity contribution in [2.24, 2.45) is 0 Å². The van der Waals surface area contributed by atoms with Crippen LogP contribution < -0.4 is 4.74 Å². The van der Waals surface area contributed by atoms with Crippen LogP contribution in [0, 0.1) is 5.82 Å². The van der Waals surface area contributed by atoms with Gasteiger partial charge in [0.2, 0.25) is 5.78 Å². The lowest BCUT2D eigenvalue weighted by Gasteiger charge is -2.06. The SMILES string of the molecule is COc1nc(C(=O)/C(F)=C/N(C)C)ccc1F. The van der Waals surface area contributed by atoms with Crippen LogP contribution in [-0.4, -0.2) is 36.9 Å². The maximum Gasteiger partial charge on any atom is 0.250 e. The molecule has 1 aromatic rings. The van der Waals surface area contributed by atoms with E-state index in [1.807, 2.05) is 0 Å². The number of ketones is 1. The first-order valence-electron chi connectivity index (χ1n) is 4.74. The molecule has 1 heterocycles. The molecule has 0 saturated carbocycles. The van der Waals surface area contributed by atoms with Gasteiger partial charge in [0.15, 0.2) is 11.6 Å². The van der Waals surface area contributed by atoms with Crippen molar-refractivity contribution in [1.29, 1.82) is 0 Å². The zero-order chi connectivity index (χ0) is 13.0. The number of Topliss-reactive ketones (excluding diaryl/α,β-unsaturated/α-hetero) is 1. The monoisotopic (exact) mass is 242 g/mol. The molecule has 0 radical (unpaired) electrons. The van der Waals surface area contributed by atoms with Gasteiger partial charge in [0.05, 0.1) is 7.11 Å². The Labute approximate surface area is 97.5 Å². The predicted octanol–water partition coefficient (Wildman–Crippen LogP) is 1.78. The van der Waals surface area contributed by atoms with Crippen LogP contribution in [-0.2, 0) is 0 Å². The molecule has 0 saturated heterocycles. The number of rotatable bonds is 4. The average molecular weight is 242 g/mol. The van der Waals surface area contributed by atoms with Gasteiger partial charge in [0.1, 0.15) is 5.69 Å². The van der Waals surface area contributed by atoms with E-state index >= 15 is 0 Å². The molecular formula is C11H12F2N2O2. The van der Waals surface area contributed by atoms with Crippen molar-refractivity contribution in [2.45, 2.75) is 0 Å². The molecule has 17 heavy (non-hydrogen) atoms. The zero-order valence-corrected chi connectivity index (χ0v) is 9.70. The molecule has 0 fully saturated rings. The minimum Gasteiger partial charge on any atom is -0.479 e. The molecule has 1 rings (SSSR count). The van der Waals surface area contributed by atoms with E-state index < -0.39 is 17.4 Å². The van der Waals surface area contributed by atoms with Crippen molar-refractivity contribution < 1.29 is 18.3 Å².